The summed E-state index contributed by atoms with van der Waals surface area (Å²) in [7, 11) is -0.432. The Labute approximate surface area is 115 Å². The number of ether oxygens (including phenoxy) is 1. The molecule has 1 aromatic carbocycles. The lowest BCUT2D eigenvalue weighted by Gasteiger charge is -2.32. The number of terminal acetylenes is 1. The van der Waals surface area contributed by atoms with Gasteiger partial charge in [0.25, 0.3) is 0 Å². The van der Waals surface area contributed by atoms with Gasteiger partial charge in [-0.1, -0.05) is 24.1 Å². The highest BCUT2D eigenvalue weighted by molar-refractivity contribution is 6.63. The summed E-state index contributed by atoms with van der Waals surface area (Å²) in [6.45, 7) is 8.34. The van der Waals surface area contributed by atoms with Crippen LogP contribution in [0.25, 0.3) is 0 Å². The number of rotatable bonds is 3. The topological polar surface area (TPSA) is 27.7 Å². The summed E-state index contributed by atoms with van der Waals surface area (Å²) in [5.41, 5.74) is 0.143. The van der Waals surface area contributed by atoms with Gasteiger partial charge in [0.1, 0.15) is 12.4 Å². The van der Waals surface area contributed by atoms with Crippen LogP contribution in [0.15, 0.2) is 24.3 Å². The Kier molecular flexibility index (Phi) is 3.62. The molecule has 0 aliphatic carbocycles. The van der Waals surface area contributed by atoms with Gasteiger partial charge in [-0.05, 0) is 33.8 Å². The second-order valence-electron chi connectivity index (χ2n) is 5.62. The number of para-hydroxylation sites is 1. The van der Waals surface area contributed by atoms with Crippen LogP contribution in [-0.4, -0.2) is 24.9 Å². The zero-order valence-electron chi connectivity index (χ0n) is 11.9. The van der Waals surface area contributed by atoms with E-state index in [9.17, 15) is 0 Å². The molecule has 0 saturated carbocycles. The molecule has 100 valence electrons. The summed E-state index contributed by atoms with van der Waals surface area (Å²) in [4.78, 5) is 0. The van der Waals surface area contributed by atoms with Crippen LogP contribution in [-0.2, 0) is 9.31 Å². The Balaban J connectivity index is 2.27. The van der Waals surface area contributed by atoms with E-state index in [4.69, 9.17) is 20.5 Å². The predicted molar refractivity (Wildman–Crippen MR) is 76.5 cm³/mol. The van der Waals surface area contributed by atoms with Crippen molar-refractivity contribution in [3.8, 4) is 18.1 Å². The number of hydrogen-bond donors (Lipinski definition) is 0. The average molecular weight is 258 g/mol. The minimum absolute atomic E-state index is 0.233. The summed E-state index contributed by atoms with van der Waals surface area (Å²) < 4.78 is 17.6. The SMILES string of the molecule is C#CCOc1ccccc1B1OC(C)(C)C(C)(C)O1. The molecule has 2 rings (SSSR count). The van der Waals surface area contributed by atoms with Crippen molar-refractivity contribution in [3.63, 3.8) is 0 Å². The van der Waals surface area contributed by atoms with Crippen molar-refractivity contribution in [1.29, 1.82) is 0 Å². The van der Waals surface area contributed by atoms with Gasteiger partial charge in [0.2, 0.25) is 0 Å². The van der Waals surface area contributed by atoms with E-state index < -0.39 is 7.12 Å². The highest BCUT2D eigenvalue weighted by Gasteiger charge is 2.52. The minimum Gasteiger partial charge on any atom is -0.481 e. The van der Waals surface area contributed by atoms with Gasteiger partial charge in [-0.25, -0.2) is 0 Å². The van der Waals surface area contributed by atoms with Crippen LogP contribution in [0.1, 0.15) is 27.7 Å². The molecule has 1 aromatic rings. The van der Waals surface area contributed by atoms with Gasteiger partial charge in [0.05, 0.1) is 11.2 Å². The summed E-state index contributed by atoms with van der Waals surface area (Å²) in [5, 5.41) is 0. The first kappa shape index (κ1) is 14.0. The number of benzene rings is 1. The third-order valence-electron chi connectivity index (χ3n) is 3.74. The summed E-state index contributed by atoms with van der Waals surface area (Å²) in [6, 6.07) is 7.65. The molecule has 0 bridgehead atoms. The Morgan fingerprint density at radius 1 is 1.16 bits per heavy atom. The van der Waals surface area contributed by atoms with Crippen molar-refractivity contribution < 1.29 is 14.0 Å². The average Bonchev–Trinajstić information content (AvgIpc) is 2.56. The first-order valence-electron chi connectivity index (χ1n) is 6.38. The first-order chi connectivity index (χ1) is 8.87. The van der Waals surface area contributed by atoms with Crippen molar-refractivity contribution in [2.75, 3.05) is 6.61 Å². The van der Waals surface area contributed by atoms with Gasteiger partial charge in [-0.15, -0.1) is 6.42 Å². The summed E-state index contributed by atoms with van der Waals surface area (Å²) >= 11 is 0. The standard InChI is InChI=1S/C15H19BO3/c1-6-11-17-13-10-8-7-9-12(13)16-18-14(2,3)15(4,5)19-16/h1,7-10H,11H2,2-5H3. The Hall–Kier alpha value is -1.44. The minimum atomic E-state index is -0.432. The Morgan fingerprint density at radius 2 is 1.74 bits per heavy atom. The van der Waals surface area contributed by atoms with Crippen LogP contribution in [0.3, 0.4) is 0 Å². The predicted octanol–water partition coefficient (Wildman–Crippen LogP) is 2.00. The molecule has 0 unspecified atom stereocenters. The van der Waals surface area contributed by atoms with Crippen molar-refractivity contribution in [2.45, 2.75) is 38.9 Å². The fourth-order valence-corrected chi connectivity index (χ4v) is 1.90. The van der Waals surface area contributed by atoms with Crippen molar-refractivity contribution in [3.05, 3.63) is 24.3 Å². The van der Waals surface area contributed by atoms with E-state index in [0.717, 1.165) is 5.46 Å². The summed E-state index contributed by atoms with van der Waals surface area (Å²) in [6.07, 6.45) is 5.23. The zero-order chi connectivity index (χ0) is 14.1. The van der Waals surface area contributed by atoms with Gasteiger partial charge >= 0.3 is 7.12 Å². The molecule has 1 aliphatic rings. The molecule has 3 nitrogen and oxygen atoms in total. The molecule has 0 spiro atoms. The van der Waals surface area contributed by atoms with Crippen LogP contribution in [0.2, 0.25) is 0 Å². The molecule has 4 heteroatoms. The number of hydrogen-bond acceptors (Lipinski definition) is 3. The highest BCUT2D eigenvalue weighted by Crippen LogP contribution is 2.37. The third kappa shape index (κ3) is 2.63. The Bertz CT molecular complexity index is 486. The van der Waals surface area contributed by atoms with Gasteiger partial charge < -0.3 is 14.0 Å². The normalized spacial score (nSPS) is 20.1. The molecule has 19 heavy (non-hydrogen) atoms. The van der Waals surface area contributed by atoms with Crippen molar-refractivity contribution in [2.24, 2.45) is 0 Å². The fraction of sp³-hybridized carbons (Fsp3) is 0.467. The van der Waals surface area contributed by atoms with E-state index >= 15 is 0 Å². The summed E-state index contributed by atoms with van der Waals surface area (Å²) in [5.74, 6) is 3.17. The maximum Gasteiger partial charge on any atom is 0.498 e. The van der Waals surface area contributed by atoms with Crippen LogP contribution >= 0.6 is 0 Å². The van der Waals surface area contributed by atoms with E-state index in [-0.39, 0.29) is 17.8 Å². The van der Waals surface area contributed by atoms with E-state index in [2.05, 4.69) is 5.92 Å². The monoisotopic (exact) mass is 258 g/mol. The van der Waals surface area contributed by atoms with E-state index in [1.54, 1.807) is 0 Å². The lowest BCUT2D eigenvalue weighted by atomic mass is 9.78. The van der Waals surface area contributed by atoms with Crippen LogP contribution < -0.4 is 10.2 Å². The highest BCUT2D eigenvalue weighted by atomic mass is 16.7. The largest absolute Gasteiger partial charge is 0.498 e. The molecule has 1 heterocycles. The van der Waals surface area contributed by atoms with Gasteiger partial charge in [-0.3, -0.25) is 0 Å². The first-order valence-corrected chi connectivity index (χ1v) is 6.38. The van der Waals surface area contributed by atoms with E-state index in [0.29, 0.717) is 5.75 Å². The smallest absolute Gasteiger partial charge is 0.481 e. The zero-order valence-corrected chi connectivity index (χ0v) is 11.9. The molecule has 0 radical (unpaired) electrons. The lowest BCUT2D eigenvalue weighted by molar-refractivity contribution is 0.00578. The molecule has 0 atom stereocenters. The molecule has 1 aliphatic heterocycles. The molecule has 0 aromatic heterocycles. The maximum atomic E-state index is 6.02. The van der Waals surface area contributed by atoms with E-state index in [1.165, 1.54) is 0 Å². The van der Waals surface area contributed by atoms with E-state index in [1.807, 2.05) is 52.0 Å². The second-order valence-corrected chi connectivity index (χ2v) is 5.62. The van der Waals surface area contributed by atoms with Crippen molar-refractivity contribution >= 4 is 12.6 Å². The van der Waals surface area contributed by atoms with Crippen LogP contribution in [0.5, 0.6) is 5.75 Å². The quantitative estimate of drug-likeness (QED) is 0.613. The Morgan fingerprint density at radius 3 is 2.32 bits per heavy atom. The van der Waals surface area contributed by atoms with Gasteiger partial charge in [-0.2, -0.15) is 0 Å². The molecular weight excluding hydrogens is 239 g/mol. The molecule has 0 amide bonds. The second kappa shape index (κ2) is 4.92. The lowest BCUT2D eigenvalue weighted by Crippen LogP contribution is -2.41. The molecular formula is C15H19BO3. The van der Waals surface area contributed by atoms with Gasteiger partial charge in [0.15, 0.2) is 0 Å². The molecule has 1 fully saturated rings. The fourth-order valence-electron chi connectivity index (χ4n) is 1.90. The molecule has 1 saturated heterocycles. The van der Waals surface area contributed by atoms with Gasteiger partial charge in [0, 0.05) is 5.46 Å². The van der Waals surface area contributed by atoms with Crippen LogP contribution in [0.4, 0.5) is 0 Å². The molecule has 0 N–H and O–H groups in total. The van der Waals surface area contributed by atoms with Crippen molar-refractivity contribution in [1.82, 2.24) is 0 Å². The van der Waals surface area contributed by atoms with Crippen LogP contribution in [0, 0.1) is 12.3 Å². The maximum absolute atomic E-state index is 6.02. The third-order valence-corrected chi connectivity index (χ3v) is 3.74.